The van der Waals surface area contributed by atoms with Crippen LogP contribution in [0.25, 0.3) is 0 Å². The predicted molar refractivity (Wildman–Crippen MR) is 65.6 cm³/mol. The molecule has 1 rings (SSSR count). The first kappa shape index (κ1) is 14.7. The van der Waals surface area contributed by atoms with Gasteiger partial charge in [0.2, 0.25) is 5.91 Å². The standard InChI is InChI=1S/C12H16N2O5/c1-5-6(2)19-7(3)10(5)11(16)14-8(12(17)18)4-9(13)15/h8H,4H2,1-3H3,(H2,13,15)(H,14,16)(H,17,18)/t8-/m1/s1. The van der Waals surface area contributed by atoms with Crippen molar-refractivity contribution in [3.05, 3.63) is 22.6 Å². The summed E-state index contributed by atoms with van der Waals surface area (Å²) in [7, 11) is 0. The number of nitrogens with one attached hydrogen (secondary N) is 1. The van der Waals surface area contributed by atoms with Gasteiger partial charge in [0.25, 0.3) is 5.91 Å². The van der Waals surface area contributed by atoms with Crippen LogP contribution in [0.4, 0.5) is 0 Å². The zero-order valence-corrected chi connectivity index (χ0v) is 10.9. The number of furan rings is 1. The maximum absolute atomic E-state index is 12.0. The minimum absolute atomic E-state index is 0.285. The molecule has 1 heterocycles. The second-order valence-corrected chi connectivity index (χ2v) is 4.25. The molecule has 19 heavy (non-hydrogen) atoms. The van der Waals surface area contributed by atoms with Crippen molar-refractivity contribution in [3.8, 4) is 0 Å². The molecule has 104 valence electrons. The summed E-state index contributed by atoms with van der Waals surface area (Å²) in [6, 6.07) is -1.35. The van der Waals surface area contributed by atoms with E-state index in [2.05, 4.69) is 5.32 Å². The Kier molecular flexibility index (Phi) is 4.31. The predicted octanol–water partition coefficient (Wildman–Crippen LogP) is 0.263. The van der Waals surface area contributed by atoms with Crippen LogP contribution in [0.15, 0.2) is 4.42 Å². The highest BCUT2D eigenvalue weighted by Crippen LogP contribution is 2.20. The van der Waals surface area contributed by atoms with Crippen LogP contribution in [-0.2, 0) is 9.59 Å². The first-order valence-electron chi connectivity index (χ1n) is 5.62. The molecule has 2 amide bonds. The number of carbonyl (C=O) groups is 3. The number of carboxylic acid groups (broad SMARTS) is 1. The number of hydrogen-bond donors (Lipinski definition) is 3. The lowest BCUT2D eigenvalue weighted by atomic mass is 10.1. The van der Waals surface area contributed by atoms with Gasteiger partial charge in [-0.15, -0.1) is 0 Å². The normalized spacial score (nSPS) is 11.9. The molecule has 0 saturated heterocycles. The summed E-state index contributed by atoms with van der Waals surface area (Å²) >= 11 is 0. The van der Waals surface area contributed by atoms with Gasteiger partial charge in [-0.05, 0) is 20.8 Å². The lowest BCUT2D eigenvalue weighted by Crippen LogP contribution is -2.43. The Balaban J connectivity index is 2.94. The van der Waals surface area contributed by atoms with E-state index in [-0.39, 0.29) is 5.56 Å². The first-order valence-corrected chi connectivity index (χ1v) is 5.62. The van der Waals surface area contributed by atoms with Crippen LogP contribution in [0.3, 0.4) is 0 Å². The average Bonchev–Trinajstić information content (AvgIpc) is 2.51. The van der Waals surface area contributed by atoms with Crippen LogP contribution in [0, 0.1) is 20.8 Å². The summed E-state index contributed by atoms with van der Waals surface area (Å²) in [5, 5.41) is 11.2. The van der Waals surface area contributed by atoms with Crippen molar-refractivity contribution in [3.63, 3.8) is 0 Å². The highest BCUT2D eigenvalue weighted by atomic mass is 16.4. The van der Waals surface area contributed by atoms with Crippen LogP contribution < -0.4 is 11.1 Å². The van der Waals surface area contributed by atoms with Gasteiger partial charge in [-0.3, -0.25) is 9.59 Å². The molecule has 0 fully saturated rings. The molecule has 7 heteroatoms. The largest absolute Gasteiger partial charge is 0.480 e. The maximum Gasteiger partial charge on any atom is 0.326 e. The number of primary amides is 1. The third-order valence-electron chi connectivity index (χ3n) is 2.80. The number of carbonyl (C=O) groups excluding carboxylic acids is 2. The highest BCUT2D eigenvalue weighted by Gasteiger charge is 2.26. The average molecular weight is 268 g/mol. The van der Waals surface area contributed by atoms with E-state index in [1.165, 1.54) is 0 Å². The Morgan fingerprint density at radius 1 is 1.26 bits per heavy atom. The number of aryl methyl sites for hydroxylation is 2. The summed E-state index contributed by atoms with van der Waals surface area (Å²) in [6.07, 6.45) is -0.462. The smallest absolute Gasteiger partial charge is 0.326 e. The third kappa shape index (κ3) is 3.34. The number of amides is 2. The van der Waals surface area contributed by atoms with E-state index in [9.17, 15) is 14.4 Å². The fraction of sp³-hybridized carbons (Fsp3) is 0.417. The zero-order valence-electron chi connectivity index (χ0n) is 10.9. The minimum Gasteiger partial charge on any atom is -0.480 e. The lowest BCUT2D eigenvalue weighted by molar-refractivity contribution is -0.140. The summed E-state index contributed by atoms with van der Waals surface area (Å²) < 4.78 is 5.29. The van der Waals surface area contributed by atoms with E-state index in [1.54, 1.807) is 20.8 Å². The molecule has 1 atom stereocenters. The Bertz CT molecular complexity index is 532. The molecule has 0 bridgehead atoms. The van der Waals surface area contributed by atoms with Gasteiger partial charge in [0, 0.05) is 5.56 Å². The van der Waals surface area contributed by atoms with Gasteiger partial charge in [0.05, 0.1) is 12.0 Å². The molecule has 7 nitrogen and oxygen atoms in total. The zero-order chi connectivity index (χ0) is 14.7. The van der Waals surface area contributed by atoms with Crippen molar-refractivity contribution >= 4 is 17.8 Å². The van der Waals surface area contributed by atoms with E-state index in [1.807, 2.05) is 0 Å². The molecule has 1 aromatic rings. The quantitative estimate of drug-likeness (QED) is 0.707. The second-order valence-electron chi connectivity index (χ2n) is 4.25. The van der Waals surface area contributed by atoms with E-state index < -0.39 is 30.2 Å². The first-order chi connectivity index (χ1) is 8.73. The Hall–Kier alpha value is -2.31. The maximum atomic E-state index is 12.0. The molecule has 0 aliphatic carbocycles. The molecule has 0 aromatic carbocycles. The second kappa shape index (κ2) is 5.55. The summed E-state index contributed by atoms with van der Waals surface area (Å²) in [6.45, 7) is 5.01. The van der Waals surface area contributed by atoms with Gasteiger partial charge >= 0.3 is 5.97 Å². The van der Waals surface area contributed by atoms with Crippen LogP contribution in [0.1, 0.15) is 33.9 Å². The summed E-state index contributed by atoms with van der Waals surface area (Å²) in [4.78, 5) is 33.7. The Morgan fingerprint density at radius 3 is 2.21 bits per heavy atom. The van der Waals surface area contributed by atoms with E-state index >= 15 is 0 Å². The summed E-state index contributed by atoms with van der Waals surface area (Å²) in [5.74, 6) is -1.73. The molecule has 1 aromatic heterocycles. The van der Waals surface area contributed by atoms with Crippen LogP contribution in [0.5, 0.6) is 0 Å². The fourth-order valence-corrected chi connectivity index (χ4v) is 1.76. The van der Waals surface area contributed by atoms with Gasteiger partial charge in [0.15, 0.2) is 0 Å². The number of nitrogens with two attached hydrogens (primary N) is 1. The molecule has 0 radical (unpaired) electrons. The molecule has 0 aliphatic rings. The molecule has 4 N–H and O–H groups in total. The highest BCUT2D eigenvalue weighted by molar-refractivity contribution is 5.99. The molecule has 0 saturated carbocycles. The van der Waals surface area contributed by atoms with Crippen LogP contribution in [-0.4, -0.2) is 28.9 Å². The van der Waals surface area contributed by atoms with E-state index in [0.717, 1.165) is 0 Å². The van der Waals surface area contributed by atoms with Crippen molar-refractivity contribution in [2.75, 3.05) is 0 Å². The lowest BCUT2D eigenvalue weighted by Gasteiger charge is -2.12. The number of hydrogen-bond acceptors (Lipinski definition) is 4. The van der Waals surface area contributed by atoms with Crippen molar-refractivity contribution in [2.45, 2.75) is 33.2 Å². The number of aliphatic carboxylic acids is 1. The Morgan fingerprint density at radius 2 is 1.84 bits per heavy atom. The topological polar surface area (TPSA) is 123 Å². The van der Waals surface area contributed by atoms with Crippen LogP contribution >= 0.6 is 0 Å². The third-order valence-corrected chi connectivity index (χ3v) is 2.80. The van der Waals surface area contributed by atoms with Crippen molar-refractivity contribution in [1.82, 2.24) is 5.32 Å². The van der Waals surface area contributed by atoms with Gasteiger partial charge in [-0.2, -0.15) is 0 Å². The van der Waals surface area contributed by atoms with Gasteiger partial charge in [-0.25, -0.2) is 4.79 Å². The van der Waals surface area contributed by atoms with Crippen LogP contribution in [0.2, 0.25) is 0 Å². The van der Waals surface area contributed by atoms with Gasteiger partial charge in [0.1, 0.15) is 17.6 Å². The SMILES string of the molecule is Cc1oc(C)c(C(=O)N[C@H](CC(N)=O)C(=O)O)c1C. The molecule has 0 aliphatic heterocycles. The van der Waals surface area contributed by atoms with Crippen molar-refractivity contribution in [2.24, 2.45) is 5.73 Å². The van der Waals surface area contributed by atoms with Gasteiger partial charge in [-0.1, -0.05) is 0 Å². The van der Waals surface area contributed by atoms with E-state index in [4.69, 9.17) is 15.3 Å². The number of carboxylic acids is 1. The molecule has 0 unspecified atom stereocenters. The van der Waals surface area contributed by atoms with Gasteiger partial charge < -0.3 is 20.6 Å². The monoisotopic (exact) mass is 268 g/mol. The molecule has 0 spiro atoms. The molecular weight excluding hydrogens is 252 g/mol. The Labute approximate surface area is 109 Å². The number of rotatable bonds is 5. The molecular formula is C12H16N2O5. The summed E-state index contributed by atoms with van der Waals surface area (Å²) in [5.41, 5.74) is 5.86. The van der Waals surface area contributed by atoms with Crippen molar-refractivity contribution in [1.29, 1.82) is 0 Å². The fourth-order valence-electron chi connectivity index (χ4n) is 1.76. The minimum atomic E-state index is -1.35. The van der Waals surface area contributed by atoms with E-state index in [0.29, 0.717) is 17.1 Å². The van der Waals surface area contributed by atoms with Crippen molar-refractivity contribution < 1.29 is 23.9 Å².